The number of rotatable bonds is 13. The van der Waals surface area contributed by atoms with Gasteiger partial charge in [0.1, 0.15) is 11.6 Å². The van der Waals surface area contributed by atoms with E-state index in [1.165, 1.54) is 62.7 Å². The molecule has 0 aliphatic rings. The minimum Gasteiger partial charge on any atom is -0.462 e. The molecule has 0 saturated heterocycles. The van der Waals surface area contributed by atoms with E-state index in [4.69, 9.17) is 4.74 Å². The first-order valence-electron chi connectivity index (χ1n) is 9.32. The minimum absolute atomic E-state index is 0.0306. The van der Waals surface area contributed by atoms with E-state index >= 15 is 0 Å². The SMILES string of the molecule is CCCCCCCCCCCCOC(=O)C(C#N)=Cc1cc(Br)sc1Br. The molecule has 0 N–H and O–H groups in total. The van der Waals surface area contributed by atoms with E-state index in [0.717, 1.165) is 26.0 Å². The van der Waals surface area contributed by atoms with E-state index in [9.17, 15) is 10.1 Å². The number of carbonyl (C=O) groups is 1. The molecule has 1 aromatic heterocycles. The van der Waals surface area contributed by atoms with Crippen LogP contribution in [0.25, 0.3) is 6.08 Å². The lowest BCUT2D eigenvalue weighted by Crippen LogP contribution is -2.08. The first kappa shape index (κ1) is 23.4. The van der Waals surface area contributed by atoms with Crippen molar-refractivity contribution in [3.05, 3.63) is 24.8 Å². The van der Waals surface area contributed by atoms with Crippen molar-refractivity contribution in [1.82, 2.24) is 0 Å². The Balaban J connectivity index is 2.17. The molecule has 0 spiro atoms. The summed E-state index contributed by atoms with van der Waals surface area (Å²) in [4.78, 5) is 12.0. The maximum Gasteiger partial charge on any atom is 0.348 e. The van der Waals surface area contributed by atoms with Crippen molar-refractivity contribution in [2.24, 2.45) is 0 Å². The Morgan fingerprint density at radius 2 is 1.69 bits per heavy atom. The lowest BCUT2D eigenvalue weighted by molar-refractivity contribution is -0.138. The van der Waals surface area contributed by atoms with Gasteiger partial charge in [0.15, 0.2) is 0 Å². The molecule has 1 heterocycles. The van der Waals surface area contributed by atoms with Crippen molar-refractivity contribution in [3.63, 3.8) is 0 Å². The molecule has 0 aliphatic heterocycles. The van der Waals surface area contributed by atoms with Crippen molar-refractivity contribution < 1.29 is 9.53 Å². The predicted octanol–water partition coefficient (Wildman–Crippen LogP) is 7.64. The summed E-state index contributed by atoms with van der Waals surface area (Å²) in [6.07, 6.45) is 13.9. The average molecular weight is 505 g/mol. The highest BCUT2D eigenvalue weighted by molar-refractivity contribution is 9.12. The van der Waals surface area contributed by atoms with Gasteiger partial charge in [-0.1, -0.05) is 64.7 Å². The maximum absolute atomic E-state index is 12.0. The molecule has 1 rings (SSSR count). The van der Waals surface area contributed by atoms with Gasteiger partial charge >= 0.3 is 5.97 Å². The summed E-state index contributed by atoms with van der Waals surface area (Å²) < 4.78 is 7.04. The number of nitriles is 1. The quantitative estimate of drug-likeness (QED) is 0.120. The molecule has 0 saturated carbocycles. The van der Waals surface area contributed by atoms with Crippen molar-refractivity contribution in [2.75, 3.05) is 6.61 Å². The zero-order chi connectivity index (χ0) is 19.2. The van der Waals surface area contributed by atoms with Crippen molar-refractivity contribution in [3.8, 4) is 6.07 Å². The zero-order valence-electron chi connectivity index (χ0n) is 15.4. The number of esters is 1. The Bertz CT molecular complexity index is 620. The van der Waals surface area contributed by atoms with Gasteiger partial charge in [0.2, 0.25) is 0 Å². The number of hydrogen-bond donors (Lipinski definition) is 0. The van der Waals surface area contributed by atoms with Crippen molar-refractivity contribution in [2.45, 2.75) is 71.1 Å². The van der Waals surface area contributed by atoms with Crippen LogP contribution in [0.15, 0.2) is 19.2 Å². The van der Waals surface area contributed by atoms with E-state index in [1.807, 2.05) is 12.1 Å². The second-order valence-electron chi connectivity index (χ2n) is 6.27. The van der Waals surface area contributed by atoms with Crippen LogP contribution in [0.3, 0.4) is 0 Å². The summed E-state index contributed by atoms with van der Waals surface area (Å²) in [5.74, 6) is -0.544. The number of carbonyl (C=O) groups excluding carboxylic acids is 1. The monoisotopic (exact) mass is 503 g/mol. The van der Waals surface area contributed by atoms with Crippen LogP contribution >= 0.6 is 43.2 Å². The fourth-order valence-corrected chi connectivity index (χ4v) is 5.30. The molecule has 0 unspecified atom stereocenters. The first-order chi connectivity index (χ1) is 12.6. The lowest BCUT2D eigenvalue weighted by Gasteiger charge is -2.04. The summed E-state index contributed by atoms with van der Waals surface area (Å²) in [6, 6.07) is 3.79. The van der Waals surface area contributed by atoms with Crippen LogP contribution in [0.2, 0.25) is 0 Å². The Labute approximate surface area is 178 Å². The number of unbranched alkanes of at least 4 members (excludes halogenated alkanes) is 9. The smallest absolute Gasteiger partial charge is 0.348 e. The third kappa shape index (κ3) is 9.89. The fourth-order valence-electron chi connectivity index (χ4n) is 2.58. The second-order valence-corrected chi connectivity index (χ2v) is 10.0. The van der Waals surface area contributed by atoms with E-state index in [2.05, 4.69) is 38.8 Å². The van der Waals surface area contributed by atoms with Gasteiger partial charge in [-0.3, -0.25) is 0 Å². The van der Waals surface area contributed by atoms with Gasteiger partial charge < -0.3 is 4.74 Å². The van der Waals surface area contributed by atoms with Gasteiger partial charge in [-0.15, -0.1) is 11.3 Å². The largest absolute Gasteiger partial charge is 0.462 e. The van der Waals surface area contributed by atoms with E-state index in [1.54, 1.807) is 6.08 Å². The van der Waals surface area contributed by atoms with Gasteiger partial charge in [0.05, 0.1) is 14.2 Å². The van der Waals surface area contributed by atoms with Crippen LogP contribution in [-0.4, -0.2) is 12.6 Å². The van der Waals surface area contributed by atoms with Gasteiger partial charge in [-0.25, -0.2) is 4.79 Å². The van der Waals surface area contributed by atoms with E-state index in [-0.39, 0.29) is 5.57 Å². The normalized spacial score (nSPS) is 11.4. The molecule has 0 aliphatic carbocycles. The van der Waals surface area contributed by atoms with Crippen LogP contribution in [0.5, 0.6) is 0 Å². The topological polar surface area (TPSA) is 50.1 Å². The summed E-state index contributed by atoms with van der Waals surface area (Å²) in [6.45, 7) is 2.62. The Kier molecular flexibility index (Phi) is 13.0. The zero-order valence-corrected chi connectivity index (χ0v) is 19.3. The maximum atomic E-state index is 12.0. The van der Waals surface area contributed by atoms with Crippen LogP contribution in [-0.2, 0) is 9.53 Å². The molecule has 26 heavy (non-hydrogen) atoms. The number of nitrogens with zero attached hydrogens (tertiary/aromatic N) is 1. The highest BCUT2D eigenvalue weighted by Crippen LogP contribution is 2.33. The molecular formula is C20H27Br2NO2S. The molecule has 0 bridgehead atoms. The number of thiophene rings is 1. The van der Waals surface area contributed by atoms with Gasteiger partial charge in [0.25, 0.3) is 0 Å². The minimum atomic E-state index is -0.544. The molecule has 0 fully saturated rings. The molecule has 3 nitrogen and oxygen atoms in total. The molecule has 6 heteroatoms. The van der Waals surface area contributed by atoms with Gasteiger partial charge in [-0.05, 0) is 50.4 Å². The predicted molar refractivity (Wildman–Crippen MR) is 116 cm³/mol. The summed E-state index contributed by atoms with van der Waals surface area (Å²) in [5.41, 5.74) is 0.831. The molecular weight excluding hydrogens is 478 g/mol. The van der Waals surface area contributed by atoms with Gasteiger partial charge in [0, 0.05) is 5.56 Å². The third-order valence-corrected chi connectivity index (χ3v) is 6.44. The summed E-state index contributed by atoms with van der Waals surface area (Å²) >= 11 is 8.30. The average Bonchev–Trinajstić information content (AvgIpc) is 2.94. The van der Waals surface area contributed by atoms with Gasteiger partial charge in [-0.2, -0.15) is 5.26 Å². The molecule has 1 aromatic rings. The van der Waals surface area contributed by atoms with E-state index in [0.29, 0.717) is 6.61 Å². The van der Waals surface area contributed by atoms with E-state index < -0.39 is 5.97 Å². The standard InChI is InChI=1S/C20H27Br2NO2S/c1-2-3-4-5-6-7-8-9-10-11-12-25-20(24)17(15-23)13-16-14-18(21)26-19(16)22/h13-14H,2-12H2,1H3. The third-order valence-electron chi connectivity index (χ3n) is 4.05. The Morgan fingerprint density at radius 3 is 2.19 bits per heavy atom. The van der Waals surface area contributed by atoms with Crippen LogP contribution in [0.1, 0.15) is 76.7 Å². The molecule has 0 amide bonds. The molecule has 0 aromatic carbocycles. The lowest BCUT2D eigenvalue weighted by atomic mass is 10.1. The number of halogens is 2. The summed E-state index contributed by atoms with van der Waals surface area (Å²) in [5, 5.41) is 9.19. The van der Waals surface area contributed by atoms with Crippen LogP contribution in [0, 0.1) is 11.3 Å². The Morgan fingerprint density at radius 1 is 1.12 bits per heavy atom. The molecule has 0 radical (unpaired) electrons. The fraction of sp³-hybridized carbons (Fsp3) is 0.600. The first-order valence-corrected chi connectivity index (χ1v) is 11.7. The summed E-state index contributed by atoms with van der Waals surface area (Å²) in [7, 11) is 0. The molecule has 144 valence electrons. The molecule has 0 atom stereocenters. The van der Waals surface area contributed by atoms with Crippen molar-refractivity contribution in [1.29, 1.82) is 5.26 Å². The number of hydrogen-bond acceptors (Lipinski definition) is 4. The number of ether oxygens (including phenoxy) is 1. The highest BCUT2D eigenvalue weighted by Gasteiger charge is 2.12. The second kappa shape index (κ2) is 14.4. The van der Waals surface area contributed by atoms with Crippen LogP contribution in [0.4, 0.5) is 0 Å². The Hall–Kier alpha value is -0.640. The highest BCUT2D eigenvalue weighted by atomic mass is 79.9. The van der Waals surface area contributed by atoms with Crippen LogP contribution < -0.4 is 0 Å². The van der Waals surface area contributed by atoms with Crippen molar-refractivity contribution >= 4 is 55.2 Å².